The molecule has 1 aliphatic carbocycles. The standard InChI is InChI=1S/C30H37NO5/c1-22-8-12-24(13-9-22)25-14-10-23(11-15-25)21-36-28-20-27(32)30(31-16-18-35-19-17-31)26(28)6-4-2-3-5-7-29(33)34/h2-3,8-15,26,28,30H,4-7,16-21H2,1H3,(H,33,34)/t26-,28-,30+/m0/s1. The van der Waals surface area contributed by atoms with E-state index < -0.39 is 5.97 Å². The average Bonchev–Trinajstić information content (AvgIpc) is 3.20. The Labute approximate surface area is 213 Å². The smallest absolute Gasteiger partial charge is 0.303 e. The number of rotatable bonds is 11. The lowest BCUT2D eigenvalue weighted by atomic mass is 9.93. The molecular formula is C30H37NO5. The highest BCUT2D eigenvalue weighted by Crippen LogP contribution is 2.35. The second-order valence-electron chi connectivity index (χ2n) is 9.82. The number of carboxylic acids is 1. The number of aryl methyl sites for hydroxylation is 1. The molecule has 1 saturated carbocycles. The molecule has 2 aliphatic rings. The summed E-state index contributed by atoms with van der Waals surface area (Å²) in [6.45, 7) is 5.43. The molecule has 1 saturated heterocycles. The Kier molecular flexibility index (Phi) is 9.45. The van der Waals surface area contributed by atoms with Crippen molar-refractivity contribution in [2.24, 2.45) is 5.92 Å². The number of hydrogen-bond acceptors (Lipinski definition) is 5. The Morgan fingerprint density at radius 3 is 2.33 bits per heavy atom. The van der Waals surface area contributed by atoms with E-state index in [0.717, 1.165) is 31.5 Å². The molecule has 6 nitrogen and oxygen atoms in total. The number of Topliss-reactive ketones (excluding diaryl/α,β-unsaturated/α-hetero) is 1. The van der Waals surface area contributed by atoms with Gasteiger partial charge in [-0.15, -0.1) is 0 Å². The zero-order chi connectivity index (χ0) is 25.3. The van der Waals surface area contributed by atoms with E-state index in [4.69, 9.17) is 14.6 Å². The third kappa shape index (κ3) is 7.12. The van der Waals surface area contributed by atoms with E-state index in [2.05, 4.69) is 60.4 Å². The maximum absolute atomic E-state index is 13.1. The van der Waals surface area contributed by atoms with Crippen molar-refractivity contribution in [3.63, 3.8) is 0 Å². The minimum atomic E-state index is -0.784. The fourth-order valence-corrected chi connectivity index (χ4v) is 5.24. The number of allylic oxidation sites excluding steroid dienone is 2. The zero-order valence-electron chi connectivity index (χ0n) is 21.1. The van der Waals surface area contributed by atoms with Gasteiger partial charge in [-0.05, 0) is 42.9 Å². The average molecular weight is 492 g/mol. The Morgan fingerprint density at radius 1 is 1.03 bits per heavy atom. The summed E-state index contributed by atoms with van der Waals surface area (Å²) in [5.41, 5.74) is 4.71. The Balaban J connectivity index is 1.38. The monoisotopic (exact) mass is 491 g/mol. The molecule has 6 heteroatoms. The van der Waals surface area contributed by atoms with Gasteiger partial charge in [0, 0.05) is 31.8 Å². The van der Waals surface area contributed by atoms with Gasteiger partial charge in [0.05, 0.1) is 32.0 Å². The Bertz CT molecular complexity index is 1020. The van der Waals surface area contributed by atoms with E-state index in [1.807, 2.05) is 12.2 Å². The summed E-state index contributed by atoms with van der Waals surface area (Å²) >= 11 is 0. The number of carbonyl (C=O) groups excluding carboxylic acids is 1. The highest BCUT2D eigenvalue weighted by molar-refractivity contribution is 5.87. The van der Waals surface area contributed by atoms with E-state index in [-0.39, 0.29) is 30.3 Å². The summed E-state index contributed by atoms with van der Waals surface area (Å²) < 4.78 is 11.9. The zero-order valence-corrected chi connectivity index (χ0v) is 21.1. The van der Waals surface area contributed by atoms with Crippen molar-refractivity contribution in [2.75, 3.05) is 26.3 Å². The van der Waals surface area contributed by atoms with Crippen molar-refractivity contribution >= 4 is 11.8 Å². The van der Waals surface area contributed by atoms with Crippen LogP contribution in [0.3, 0.4) is 0 Å². The molecule has 1 heterocycles. The summed E-state index contributed by atoms with van der Waals surface area (Å²) in [6.07, 6.45) is 6.63. The maximum atomic E-state index is 13.1. The molecule has 2 fully saturated rings. The second kappa shape index (κ2) is 12.9. The van der Waals surface area contributed by atoms with Gasteiger partial charge in [0.15, 0.2) is 5.78 Å². The normalized spacial score (nSPS) is 22.9. The molecule has 1 aliphatic heterocycles. The molecule has 0 aromatic heterocycles. The van der Waals surface area contributed by atoms with Crippen LogP contribution in [-0.2, 0) is 25.7 Å². The van der Waals surface area contributed by atoms with Gasteiger partial charge in [-0.3, -0.25) is 14.5 Å². The van der Waals surface area contributed by atoms with Gasteiger partial charge in [0.1, 0.15) is 0 Å². The first-order chi connectivity index (χ1) is 17.5. The Morgan fingerprint density at radius 2 is 1.67 bits per heavy atom. The van der Waals surface area contributed by atoms with Crippen LogP contribution >= 0.6 is 0 Å². The van der Waals surface area contributed by atoms with Crippen LogP contribution in [0.4, 0.5) is 0 Å². The van der Waals surface area contributed by atoms with Gasteiger partial charge in [-0.2, -0.15) is 0 Å². The first kappa shape index (κ1) is 26.3. The minimum absolute atomic E-state index is 0.116. The van der Waals surface area contributed by atoms with Gasteiger partial charge in [0.2, 0.25) is 0 Å². The largest absolute Gasteiger partial charge is 0.481 e. The molecule has 1 N–H and O–H groups in total. The molecule has 4 rings (SSSR count). The summed E-state index contributed by atoms with van der Waals surface area (Å²) in [5.74, 6) is -0.406. The first-order valence-corrected chi connectivity index (χ1v) is 13.0. The van der Waals surface area contributed by atoms with Crippen molar-refractivity contribution in [3.05, 3.63) is 71.8 Å². The number of aliphatic carboxylic acids is 1. The number of carbonyl (C=O) groups is 2. The van der Waals surface area contributed by atoms with Crippen LogP contribution in [-0.4, -0.2) is 60.2 Å². The van der Waals surface area contributed by atoms with Gasteiger partial charge >= 0.3 is 5.97 Å². The summed E-state index contributed by atoms with van der Waals surface area (Å²) in [7, 11) is 0. The van der Waals surface area contributed by atoms with E-state index in [1.54, 1.807) is 0 Å². The number of hydrogen-bond donors (Lipinski definition) is 1. The molecular weight excluding hydrogens is 454 g/mol. The Hall–Kier alpha value is -2.80. The van der Waals surface area contributed by atoms with Crippen LogP contribution in [0, 0.1) is 12.8 Å². The molecule has 0 bridgehead atoms. The van der Waals surface area contributed by atoms with Gasteiger partial charge in [-0.1, -0.05) is 66.2 Å². The third-order valence-corrected chi connectivity index (χ3v) is 7.22. The van der Waals surface area contributed by atoms with E-state index in [9.17, 15) is 9.59 Å². The highest BCUT2D eigenvalue weighted by atomic mass is 16.5. The van der Waals surface area contributed by atoms with Crippen LogP contribution in [0.5, 0.6) is 0 Å². The molecule has 0 unspecified atom stereocenters. The van der Waals surface area contributed by atoms with Crippen LogP contribution in [0.1, 0.15) is 43.2 Å². The number of benzene rings is 2. The topological polar surface area (TPSA) is 76.1 Å². The predicted octanol–water partition coefficient (Wildman–Crippen LogP) is 5.04. The van der Waals surface area contributed by atoms with Crippen molar-refractivity contribution < 1.29 is 24.2 Å². The number of ketones is 1. The fraction of sp³-hybridized carbons (Fsp3) is 0.467. The van der Waals surface area contributed by atoms with E-state index in [0.29, 0.717) is 32.7 Å². The quantitative estimate of drug-likeness (QED) is 0.444. The molecule has 36 heavy (non-hydrogen) atoms. The lowest BCUT2D eigenvalue weighted by Crippen LogP contribution is -2.49. The number of ether oxygens (including phenoxy) is 2. The lowest BCUT2D eigenvalue weighted by Gasteiger charge is -2.35. The van der Waals surface area contributed by atoms with Crippen LogP contribution in [0.15, 0.2) is 60.7 Å². The van der Waals surface area contributed by atoms with E-state index >= 15 is 0 Å². The number of carboxylic acid groups (broad SMARTS) is 1. The summed E-state index contributed by atoms with van der Waals surface area (Å²) in [4.78, 5) is 26.1. The second-order valence-corrected chi connectivity index (χ2v) is 9.82. The molecule has 192 valence electrons. The summed E-state index contributed by atoms with van der Waals surface area (Å²) in [5, 5.41) is 8.82. The molecule has 0 spiro atoms. The van der Waals surface area contributed by atoms with Crippen molar-refractivity contribution in [3.8, 4) is 11.1 Å². The first-order valence-electron chi connectivity index (χ1n) is 13.0. The van der Waals surface area contributed by atoms with Crippen LogP contribution < -0.4 is 0 Å². The number of nitrogens with zero attached hydrogens (tertiary/aromatic N) is 1. The molecule has 3 atom stereocenters. The van der Waals surface area contributed by atoms with Crippen molar-refractivity contribution in [1.82, 2.24) is 4.90 Å². The number of morpholine rings is 1. The fourth-order valence-electron chi connectivity index (χ4n) is 5.24. The lowest BCUT2D eigenvalue weighted by molar-refractivity contribution is -0.136. The van der Waals surface area contributed by atoms with Crippen molar-refractivity contribution in [1.29, 1.82) is 0 Å². The molecule has 2 aromatic carbocycles. The summed E-state index contributed by atoms with van der Waals surface area (Å²) in [6, 6.07) is 16.8. The minimum Gasteiger partial charge on any atom is -0.481 e. The highest BCUT2D eigenvalue weighted by Gasteiger charge is 2.45. The van der Waals surface area contributed by atoms with Gasteiger partial charge in [-0.25, -0.2) is 0 Å². The third-order valence-electron chi connectivity index (χ3n) is 7.22. The molecule has 0 amide bonds. The van der Waals surface area contributed by atoms with Gasteiger partial charge < -0.3 is 14.6 Å². The van der Waals surface area contributed by atoms with Crippen molar-refractivity contribution in [2.45, 2.75) is 57.8 Å². The van der Waals surface area contributed by atoms with Crippen LogP contribution in [0.25, 0.3) is 11.1 Å². The SMILES string of the molecule is Cc1ccc(-c2ccc(CO[C@H]3CC(=O)[C@H](N4CCOCC4)[C@H]3CCC=CCCC(=O)O)cc2)cc1. The van der Waals surface area contributed by atoms with Crippen LogP contribution in [0.2, 0.25) is 0 Å². The molecule has 0 radical (unpaired) electrons. The molecule has 2 aromatic rings. The maximum Gasteiger partial charge on any atom is 0.303 e. The van der Waals surface area contributed by atoms with Gasteiger partial charge in [0.25, 0.3) is 0 Å². The van der Waals surface area contributed by atoms with E-state index in [1.165, 1.54) is 16.7 Å². The predicted molar refractivity (Wildman–Crippen MR) is 140 cm³/mol.